The molecule has 10 heteroatoms. The van der Waals surface area contributed by atoms with Gasteiger partial charge >= 0.3 is 0 Å². The minimum absolute atomic E-state index is 0.0207. The molecule has 2 aliphatic heterocycles. The van der Waals surface area contributed by atoms with Crippen molar-refractivity contribution >= 4 is 23.3 Å². The van der Waals surface area contributed by atoms with Gasteiger partial charge < -0.3 is 25.0 Å². The average Bonchev–Trinajstić information content (AvgIpc) is 3.20. The summed E-state index contributed by atoms with van der Waals surface area (Å²) in [7, 11) is 0. The first-order valence-corrected chi connectivity index (χ1v) is 13.1. The van der Waals surface area contributed by atoms with Crippen LogP contribution in [0.3, 0.4) is 0 Å². The molecule has 0 unspecified atom stereocenters. The number of hydrogen-bond donors (Lipinski definition) is 2. The number of carbonyl (C=O) groups excluding carboxylic acids is 1. The molecule has 2 fully saturated rings. The number of amides is 1. The van der Waals surface area contributed by atoms with Crippen LogP contribution in [0, 0.1) is 5.82 Å². The van der Waals surface area contributed by atoms with Crippen molar-refractivity contribution in [1.29, 1.82) is 0 Å². The Balaban J connectivity index is 1.29. The number of fused-ring (bicyclic) bond motifs is 1. The molecule has 2 saturated heterocycles. The molecule has 3 atom stereocenters. The molecule has 36 heavy (non-hydrogen) atoms. The molecule has 2 N–H and O–H groups in total. The van der Waals surface area contributed by atoms with Crippen LogP contribution in [0.2, 0.25) is 5.02 Å². The van der Waals surface area contributed by atoms with Crippen molar-refractivity contribution in [3.05, 3.63) is 52.2 Å². The summed E-state index contributed by atoms with van der Waals surface area (Å²) in [6, 6.07) is 4.92. The predicted octanol–water partition coefficient (Wildman–Crippen LogP) is 3.01. The smallest absolute Gasteiger partial charge is 0.231 e. The van der Waals surface area contributed by atoms with Crippen molar-refractivity contribution in [3.63, 3.8) is 0 Å². The largest absolute Gasteiger partial charge is 0.387 e. The zero-order valence-electron chi connectivity index (χ0n) is 20.5. The number of carbonyl (C=O) groups is 1. The van der Waals surface area contributed by atoms with Gasteiger partial charge in [-0.15, -0.1) is 0 Å². The third kappa shape index (κ3) is 5.20. The van der Waals surface area contributed by atoms with Crippen molar-refractivity contribution < 1.29 is 19.0 Å². The topological polar surface area (TPSA) is 90.8 Å². The first kappa shape index (κ1) is 25.3. The number of benzene rings is 1. The summed E-state index contributed by atoms with van der Waals surface area (Å²) in [4.78, 5) is 26.6. The van der Waals surface area contributed by atoms with Crippen LogP contribution in [0.25, 0.3) is 0 Å². The van der Waals surface area contributed by atoms with Gasteiger partial charge in [-0.1, -0.05) is 24.6 Å². The van der Waals surface area contributed by atoms with E-state index in [1.165, 1.54) is 18.5 Å². The molecule has 3 aliphatic rings. The maximum absolute atomic E-state index is 14.3. The molecule has 0 spiro atoms. The molecule has 8 nitrogen and oxygen atoms in total. The van der Waals surface area contributed by atoms with Gasteiger partial charge in [0.05, 0.1) is 22.7 Å². The molecule has 1 aliphatic carbocycles. The molecule has 1 amide bonds. The highest BCUT2D eigenvalue weighted by molar-refractivity contribution is 6.30. The Morgan fingerprint density at radius 2 is 2.00 bits per heavy atom. The normalized spacial score (nSPS) is 23.6. The lowest BCUT2D eigenvalue weighted by molar-refractivity contribution is -0.133. The summed E-state index contributed by atoms with van der Waals surface area (Å²) in [5, 5.41) is 13.9. The lowest BCUT2D eigenvalue weighted by atomic mass is 9.95. The molecule has 0 saturated carbocycles. The summed E-state index contributed by atoms with van der Waals surface area (Å²) in [6.07, 6.45) is 3.40. The van der Waals surface area contributed by atoms with Gasteiger partial charge in [0.1, 0.15) is 18.0 Å². The number of nitrogens with one attached hydrogen (secondary N) is 1. The molecule has 1 aromatic heterocycles. The minimum atomic E-state index is -0.552. The number of aliphatic hydroxyl groups excluding tert-OH is 1. The van der Waals surface area contributed by atoms with Crippen molar-refractivity contribution in [3.8, 4) is 0 Å². The van der Waals surface area contributed by atoms with Crippen molar-refractivity contribution in [1.82, 2.24) is 20.2 Å². The number of rotatable bonds is 6. The van der Waals surface area contributed by atoms with E-state index in [9.17, 15) is 14.3 Å². The molecular weight excluding hydrogens is 485 g/mol. The van der Waals surface area contributed by atoms with Crippen molar-refractivity contribution in [2.24, 2.45) is 0 Å². The SMILES string of the molecule is C[C@@H]1C[C@H](O)c2ncnc(N3CCN(C(=O)[C@H](CNC4CCOCC4)c4ccc(Cl)c(F)c4)CC3)c21. The van der Waals surface area contributed by atoms with Gasteiger partial charge in [0.2, 0.25) is 5.91 Å². The number of aliphatic hydroxyl groups is 1. The predicted molar refractivity (Wildman–Crippen MR) is 135 cm³/mol. The molecule has 194 valence electrons. The van der Waals surface area contributed by atoms with Crippen LogP contribution in [0.1, 0.15) is 60.9 Å². The zero-order valence-corrected chi connectivity index (χ0v) is 21.3. The van der Waals surface area contributed by atoms with Gasteiger partial charge in [-0.2, -0.15) is 0 Å². The molecule has 3 heterocycles. The van der Waals surface area contributed by atoms with Crippen LogP contribution >= 0.6 is 11.6 Å². The van der Waals surface area contributed by atoms with Crippen LogP contribution in [-0.4, -0.2) is 77.9 Å². The first-order valence-electron chi connectivity index (χ1n) is 12.7. The van der Waals surface area contributed by atoms with Gasteiger partial charge in [-0.3, -0.25) is 4.79 Å². The Kier molecular flexibility index (Phi) is 7.71. The van der Waals surface area contributed by atoms with E-state index in [1.807, 2.05) is 4.90 Å². The highest BCUT2D eigenvalue weighted by atomic mass is 35.5. The lowest BCUT2D eigenvalue weighted by Gasteiger charge is -2.38. The monoisotopic (exact) mass is 517 g/mol. The highest BCUT2D eigenvalue weighted by Gasteiger charge is 2.35. The molecule has 5 rings (SSSR count). The van der Waals surface area contributed by atoms with E-state index in [4.69, 9.17) is 16.3 Å². The maximum Gasteiger partial charge on any atom is 0.231 e. The second-order valence-corrected chi connectivity index (χ2v) is 10.4. The Morgan fingerprint density at radius 1 is 1.25 bits per heavy atom. The molecule has 0 bridgehead atoms. The van der Waals surface area contributed by atoms with E-state index in [0.29, 0.717) is 57.9 Å². The molecular formula is C26H33ClFN5O3. The average molecular weight is 518 g/mol. The Hall–Kier alpha value is -2.33. The summed E-state index contributed by atoms with van der Waals surface area (Å²) in [5.41, 5.74) is 2.36. The molecule has 2 aromatic rings. The number of anilines is 1. The highest BCUT2D eigenvalue weighted by Crippen LogP contribution is 2.42. The van der Waals surface area contributed by atoms with Crippen LogP contribution in [0.4, 0.5) is 10.2 Å². The van der Waals surface area contributed by atoms with Gasteiger partial charge in [-0.25, -0.2) is 14.4 Å². The van der Waals surface area contributed by atoms with Crippen LogP contribution in [0.5, 0.6) is 0 Å². The Labute approximate surface area is 215 Å². The van der Waals surface area contributed by atoms with Gasteiger partial charge in [0, 0.05) is 57.5 Å². The van der Waals surface area contributed by atoms with E-state index in [1.54, 1.807) is 6.07 Å². The van der Waals surface area contributed by atoms with E-state index in [2.05, 4.69) is 27.1 Å². The minimum Gasteiger partial charge on any atom is -0.387 e. The summed E-state index contributed by atoms with van der Waals surface area (Å²) < 4.78 is 19.8. The Bertz CT molecular complexity index is 1090. The van der Waals surface area contributed by atoms with Crippen molar-refractivity contribution in [2.45, 2.75) is 50.2 Å². The number of halogens is 2. The van der Waals surface area contributed by atoms with Crippen molar-refractivity contribution in [2.75, 3.05) is 50.8 Å². The molecule has 0 radical (unpaired) electrons. The third-order valence-corrected chi connectivity index (χ3v) is 7.95. The number of hydrogen-bond acceptors (Lipinski definition) is 7. The number of ether oxygens (including phenoxy) is 1. The first-order chi connectivity index (χ1) is 17.4. The lowest BCUT2D eigenvalue weighted by Crippen LogP contribution is -2.52. The van der Waals surface area contributed by atoms with Crippen LogP contribution in [0.15, 0.2) is 24.5 Å². The summed E-state index contributed by atoms with van der Waals surface area (Å²) in [5.74, 6) is -0.00555. The van der Waals surface area contributed by atoms with Gasteiger partial charge in [-0.05, 0) is 42.9 Å². The maximum atomic E-state index is 14.3. The second-order valence-electron chi connectivity index (χ2n) is 9.98. The van der Waals surface area contributed by atoms with E-state index < -0.39 is 17.8 Å². The van der Waals surface area contributed by atoms with E-state index >= 15 is 0 Å². The second kappa shape index (κ2) is 11.0. The third-order valence-electron chi connectivity index (χ3n) is 7.65. The zero-order chi connectivity index (χ0) is 25.2. The quantitative estimate of drug-likeness (QED) is 0.608. The summed E-state index contributed by atoms with van der Waals surface area (Å²) >= 11 is 5.91. The van der Waals surface area contributed by atoms with E-state index in [-0.39, 0.29) is 22.9 Å². The van der Waals surface area contributed by atoms with Crippen LogP contribution < -0.4 is 10.2 Å². The standard InChI is InChI=1S/C26H33ClFN5O3/c1-16-12-22(34)24-23(16)25(31-15-30-24)32-6-8-33(9-7-32)26(35)19(14-29-18-4-10-36-11-5-18)17-2-3-20(27)21(28)13-17/h2-3,13,15-16,18-19,22,29,34H,4-12,14H2,1H3/t16-,19-,22+/m1/s1. The van der Waals surface area contributed by atoms with Gasteiger partial charge in [0.25, 0.3) is 0 Å². The number of aromatic nitrogens is 2. The summed E-state index contributed by atoms with van der Waals surface area (Å²) in [6.45, 7) is 6.27. The van der Waals surface area contributed by atoms with E-state index in [0.717, 1.165) is 29.9 Å². The number of piperazine rings is 1. The Morgan fingerprint density at radius 3 is 2.72 bits per heavy atom. The molecule has 1 aromatic carbocycles. The fraction of sp³-hybridized carbons (Fsp3) is 0.577. The number of nitrogens with zero attached hydrogens (tertiary/aromatic N) is 4. The fourth-order valence-electron chi connectivity index (χ4n) is 5.58. The van der Waals surface area contributed by atoms with Gasteiger partial charge in [0.15, 0.2) is 0 Å². The van der Waals surface area contributed by atoms with Crippen LogP contribution in [-0.2, 0) is 9.53 Å². The fourth-order valence-corrected chi connectivity index (χ4v) is 5.69.